The van der Waals surface area contributed by atoms with E-state index in [-0.39, 0.29) is 12.0 Å². The maximum atomic E-state index is 12.6. The summed E-state index contributed by atoms with van der Waals surface area (Å²) in [6.07, 6.45) is 2.34. The summed E-state index contributed by atoms with van der Waals surface area (Å²) < 4.78 is 12.5. The van der Waals surface area contributed by atoms with Crippen molar-refractivity contribution in [1.82, 2.24) is 24.9 Å². The second-order valence-electron chi connectivity index (χ2n) is 5.52. The minimum absolute atomic E-state index is 0.0846. The molecule has 2 aromatic heterocycles. The molecule has 0 N–H and O–H groups in total. The van der Waals surface area contributed by atoms with E-state index in [0.29, 0.717) is 30.4 Å². The van der Waals surface area contributed by atoms with E-state index in [1.807, 2.05) is 13.0 Å². The SMILES string of the molecule is COc1nn(C)cc1C(=O)N1CCC(Oc2ccc(C)nn2)C1. The molecule has 3 rings (SSSR count). The van der Waals surface area contributed by atoms with Crippen molar-refractivity contribution in [3.05, 3.63) is 29.6 Å². The van der Waals surface area contributed by atoms with Crippen LogP contribution in [0.15, 0.2) is 18.3 Å². The molecule has 8 nitrogen and oxygen atoms in total. The molecule has 0 bridgehead atoms. The first-order chi connectivity index (χ1) is 11.1. The van der Waals surface area contributed by atoms with Crippen LogP contribution in [0.2, 0.25) is 0 Å². The Kier molecular flexibility index (Phi) is 4.14. The summed E-state index contributed by atoms with van der Waals surface area (Å²) in [6.45, 7) is 3.00. The lowest BCUT2D eigenvalue weighted by molar-refractivity contribution is 0.0767. The molecule has 122 valence electrons. The van der Waals surface area contributed by atoms with Crippen LogP contribution < -0.4 is 9.47 Å². The number of aryl methyl sites for hydroxylation is 2. The maximum Gasteiger partial charge on any atom is 0.261 e. The molecular formula is C15H19N5O3. The third kappa shape index (κ3) is 3.25. The van der Waals surface area contributed by atoms with Crippen LogP contribution >= 0.6 is 0 Å². The van der Waals surface area contributed by atoms with Gasteiger partial charge in [-0.1, -0.05) is 0 Å². The van der Waals surface area contributed by atoms with Gasteiger partial charge in [-0.2, -0.15) is 5.10 Å². The van der Waals surface area contributed by atoms with E-state index >= 15 is 0 Å². The van der Waals surface area contributed by atoms with Crippen LogP contribution in [0.3, 0.4) is 0 Å². The van der Waals surface area contributed by atoms with Gasteiger partial charge in [-0.15, -0.1) is 10.2 Å². The lowest BCUT2D eigenvalue weighted by atomic mass is 10.3. The monoisotopic (exact) mass is 317 g/mol. The van der Waals surface area contributed by atoms with Crippen molar-refractivity contribution in [2.24, 2.45) is 7.05 Å². The molecule has 1 fully saturated rings. The lowest BCUT2D eigenvalue weighted by Crippen LogP contribution is -2.31. The highest BCUT2D eigenvalue weighted by molar-refractivity contribution is 5.96. The van der Waals surface area contributed by atoms with Crippen molar-refractivity contribution in [1.29, 1.82) is 0 Å². The van der Waals surface area contributed by atoms with Gasteiger partial charge in [-0.3, -0.25) is 9.48 Å². The van der Waals surface area contributed by atoms with Crippen molar-refractivity contribution < 1.29 is 14.3 Å². The van der Waals surface area contributed by atoms with Crippen LogP contribution in [0.25, 0.3) is 0 Å². The van der Waals surface area contributed by atoms with E-state index in [9.17, 15) is 4.79 Å². The first kappa shape index (κ1) is 15.3. The van der Waals surface area contributed by atoms with Gasteiger partial charge in [0.1, 0.15) is 11.7 Å². The number of hydrogen-bond donors (Lipinski definition) is 0. The molecule has 1 amide bonds. The van der Waals surface area contributed by atoms with Gasteiger partial charge in [0.25, 0.3) is 5.91 Å². The zero-order chi connectivity index (χ0) is 16.4. The summed E-state index contributed by atoms with van der Waals surface area (Å²) in [6, 6.07) is 3.64. The van der Waals surface area contributed by atoms with Crippen LogP contribution in [0.4, 0.5) is 0 Å². The molecule has 0 saturated carbocycles. The highest BCUT2D eigenvalue weighted by atomic mass is 16.5. The number of carbonyl (C=O) groups excluding carboxylic acids is 1. The number of amides is 1. The van der Waals surface area contributed by atoms with Gasteiger partial charge in [0.05, 0.1) is 19.3 Å². The van der Waals surface area contributed by atoms with Crippen LogP contribution in [-0.4, -0.2) is 57.1 Å². The molecule has 1 aliphatic rings. The fourth-order valence-corrected chi connectivity index (χ4v) is 2.57. The van der Waals surface area contributed by atoms with E-state index in [1.165, 1.54) is 7.11 Å². The zero-order valence-corrected chi connectivity index (χ0v) is 13.4. The van der Waals surface area contributed by atoms with Crippen molar-refractivity contribution in [2.45, 2.75) is 19.4 Å². The number of aromatic nitrogens is 4. The number of methoxy groups -OCH3 is 1. The van der Waals surface area contributed by atoms with Crippen molar-refractivity contribution in [3.8, 4) is 11.8 Å². The van der Waals surface area contributed by atoms with E-state index < -0.39 is 0 Å². The normalized spacial score (nSPS) is 17.3. The Labute approximate surface area is 134 Å². The van der Waals surface area contributed by atoms with Gasteiger partial charge in [0.15, 0.2) is 0 Å². The van der Waals surface area contributed by atoms with Crippen LogP contribution in [0.1, 0.15) is 22.5 Å². The lowest BCUT2D eigenvalue weighted by Gasteiger charge is -2.16. The Morgan fingerprint density at radius 2 is 2.17 bits per heavy atom. The third-order valence-corrected chi connectivity index (χ3v) is 3.71. The van der Waals surface area contributed by atoms with Gasteiger partial charge in [0.2, 0.25) is 11.8 Å². The summed E-state index contributed by atoms with van der Waals surface area (Å²) in [4.78, 5) is 14.3. The highest BCUT2D eigenvalue weighted by Crippen LogP contribution is 2.22. The van der Waals surface area contributed by atoms with Crippen LogP contribution in [-0.2, 0) is 7.05 Å². The molecule has 3 heterocycles. The predicted octanol–water partition coefficient (Wildman–Crippen LogP) is 0.821. The molecule has 0 radical (unpaired) electrons. The largest absolute Gasteiger partial charge is 0.479 e. The van der Waals surface area contributed by atoms with Gasteiger partial charge in [0, 0.05) is 32.3 Å². The average molecular weight is 317 g/mol. The molecule has 0 aliphatic carbocycles. The van der Waals surface area contributed by atoms with E-state index in [4.69, 9.17) is 9.47 Å². The minimum atomic E-state index is -0.101. The van der Waals surface area contributed by atoms with Gasteiger partial charge >= 0.3 is 0 Å². The van der Waals surface area contributed by atoms with Crippen molar-refractivity contribution in [2.75, 3.05) is 20.2 Å². The molecule has 2 aromatic rings. The van der Waals surface area contributed by atoms with Gasteiger partial charge in [-0.25, -0.2) is 0 Å². The number of ether oxygens (including phenoxy) is 2. The number of carbonyl (C=O) groups is 1. The molecule has 1 saturated heterocycles. The Hall–Kier alpha value is -2.64. The van der Waals surface area contributed by atoms with Crippen LogP contribution in [0.5, 0.6) is 11.8 Å². The number of likely N-dealkylation sites (tertiary alicyclic amines) is 1. The second-order valence-corrected chi connectivity index (χ2v) is 5.52. The molecule has 0 aromatic carbocycles. The first-order valence-electron chi connectivity index (χ1n) is 7.40. The number of rotatable bonds is 4. The molecule has 0 spiro atoms. The quantitative estimate of drug-likeness (QED) is 0.830. The maximum absolute atomic E-state index is 12.6. The van der Waals surface area contributed by atoms with E-state index in [0.717, 1.165) is 12.1 Å². The molecule has 8 heteroatoms. The molecule has 1 atom stereocenters. The summed E-state index contributed by atoms with van der Waals surface area (Å²) in [7, 11) is 3.26. The molecular weight excluding hydrogens is 298 g/mol. The smallest absolute Gasteiger partial charge is 0.261 e. The minimum Gasteiger partial charge on any atom is -0.479 e. The Bertz CT molecular complexity index is 698. The molecule has 1 unspecified atom stereocenters. The summed E-state index contributed by atoms with van der Waals surface area (Å²) >= 11 is 0. The number of hydrogen-bond acceptors (Lipinski definition) is 6. The highest BCUT2D eigenvalue weighted by Gasteiger charge is 2.31. The summed E-state index contributed by atoms with van der Waals surface area (Å²) in [5.74, 6) is 0.719. The van der Waals surface area contributed by atoms with Crippen molar-refractivity contribution >= 4 is 5.91 Å². The average Bonchev–Trinajstić information content (AvgIpc) is 3.15. The van der Waals surface area contributed by atoms with Crippen LogP contribution in [0, 0.1) is 6.92 Å². The second kappa shape index (κ2) is 6.23. The van der Waals surface area contributed by atoms with Crippen molar-refractivity contribution in [3.63, 3.8) is 0 Å². The predicted molar refractivity (Wildman–Crippen MR) is 81.5 cm³/mol. The third-order valence-electron chi connectivity index (χ3n) is 3.71. The fourth-order valence-electron chi connectivity index (χ4n) is 2.57. The standard InChI is InChI=1S/C15H19N5O3/c1-10-4-5-13(17-16-10)23-11-6-7-20(8-11)15(21)12-9-19(2)18-14(12)22-3/h4-5,9,11H,6-8H2,1-3H3. The van der Waals surface area contributed by atoms with Gasteiger partial charge < -0.3 is 14.4 Å². The summed E-state index contributed by atoms with van der Waals surface area (Å²) in [5.41, 5.74) is 1.30. The van der Waals surface area contributed by atoms with Gasteiger partial charge in [-0.05, 0) is 13.0 Å². The summed E-state index contributed by atoms with van der Waals surface area (Å²) in [5, 5.41) is 12.1. The zero-order valence-electron chi connectivity index (χ0n) is 13.4. The fraction of sp³-hybridized carbons (Fsp3) is 0.467. The Balaban J connectivity index is 1.64. The Morgan fingerprint density at radius 3 is 2.87 bits per heavy atom. The topological polar surface area (TPSA) is 82.4 Å². The van der Waals surface area contributed by atoms with E-state index in [2.05, 4.69) is 15.3 Å². The first-order valence-corrected chi connectivity index (χ1v) is 7.40. The Morgan fingerprint density at radius 1 is 1.35 bits per heavy atom. The molecule has 1 aliphatic heterocycles. The van der Waals surface area contributed by atoms with E-state index in [1.54, 1.807) is 28.9 Å². The molecule has 23 heavy (non-hydrogen) atoms. The number of nitrogens with zero attached hydrogens (tertiary/aromatic N) is 5.